The summed E-state index contributed by atoms with van der Waals surface area (Å²) in [5.41, 5.74) is -1.15. The number of halogens is 4. The van der Waals surface area contributed by atoms with E-state index in [0.717, 1.165) is 6.07 Å². The van der Waals surface area contributed by atoms with Gasteiger partial charge in [0.1, 0.15) is 11.0 Å². The molecule has 1 heterocycles. The van der Waals surface area contributed by atoms with E-state index in [1.807, 2.05) is 0 Å². The maximum absolute atomic E-state index is 12.5. The Balaban J connectivity index is 2.76. The molecule has 0 fully saturated rings. The smallest absolute Gasteiger partial charge is 0.388 e. The number of hydrogen-bond donors (Lipinski definition) is 2. The van der Waals surface area contributed by atoms with Crippen molar-refractivity contribution in [3.05, 3.63) is 17.0 Å². The Hall–Kier alpha value is -1.12. The molecule has 0 aromatic carbocycles. The molecule has 0 aliphatic heterocycles. The molecule has 20 heavy (non-hydrogen) atoms. The Bertz CT molecular complexity index is 455. The lowest BCUT2D eigenvalue weighted by molar-refractivity contribution is -0.144. The molecule has 1 unspecified atom stereocenters. The Kier molecular flexibility index (Phi) is 5.55. The first kappa shape index (κ1) is 16.9. The summed E-state index contributed by atoms with van der Waals surface area (Å²) in [6.07, 6.45) is -4.36. The predicted octanol–water partition coefficient (Wildman–Crippen LogP) is 2.35. The third kappa shape index (κ3) is 5.48. The van der Waals surface area contributed by atoms with Gasteiger partial charge < -0.3 is 15.2 Å². The molecule has 0 amide bonds. The van der Waals surface area contributed by atoms with Crippen LogP contribution in [0.25, 0.3) is 0 Å². The minimum absolute atomic E-state index is 0.000991. The van der Waals surface area contributed by atoms with E-state index in [0.29, 0.717) is 13.0 Å². The van der Waals surface area contributed by atoms with Crippen molar-refractivity contribution < 1.29 is 23.0 Å². The molecule has 0 radical (unpaired) electrons. The van der Waals surface area contributed by atoms with Crippen molar-refractivity contribution in [3.8, 4) is 0 Å². The minimum atomic E-state index is -4.68. The van der Waals surface area contributed by atoms with E-state index in [-0.39, 0.29) is 17.5 Å². The number of rotatable bonds is 6. The van der Waals surface area contributed by atoms with Gasteiger partial charge in [-0.3, -0.25) is 0 Å². The monoisotopic (exact) mass is 313 g/mol. The summed E-state index contributed by atoms with van der Waals surface area (Å²) < 4.78 is 42.4. The van der Waals surface area contributed by atoms with Crippen molar-refractivity contribution in [1.82, 2.24) is 9.97 Å². The van der Waals surface area contributed by atoms with Gasteiger partial charge in [-0.25, -0.2) is 9.97 Å². The van der Waals surface area contributed by atoms with Gasteiger partial charge in [0, 0.05) is 32.7 Å². The Morgan fingerprint density at radius 3 is 2.60 bits per heavy atom. The summed E-state index contributed by atoms with van der Waals surface area (Å²) in [4.78, 5) is 6.42. The minimum Gasteiger partial charge on any atom is -0.388 e. The number of alkyl halides is 3. The van der Waals surface area contributed by atoms with Gasteiger partial charge in [-0.1, -0.05) is 11.6 Å². The number of anilines is 1. The van der Waals surface area contributed by atoms with Crippen LogP contribution in [0.1, 0.15) is 19.2 Å². The van der Waals surface area contributed by atoms with Crippen LogP contribution >= 0.6 is 11.6 Å². The predicted molar refractivity (Wildman–Crippen MR) is 67.7 cm³/mol. The van der Waals surface area contributed by atoms with E-state index in [9.17, 15) is 18.3 Å². The molecule has 5 nitrogen and oxygen atoms in total. The number of aliphatic hydroxyl groups is 1. The number of hydrogen-bond acceptors (Lipinski definition) is 5. The topological polar surface area (TPSA) is 67.3 Å². The van der Waals surface area contributed by atoms with E-state index < -0.39 is 17.6 Å². The van der Waals surface area contributed by atoms with E-state index >= 15 is 0 Å². The molecule has 1 rings (SSSR count). The van der Waals surface area contributed by atoms with Crippen LogP contribution in [0.15, 0.2) is 6.07 Å². The molecule has 2 N–H and O–H groups in total. The second kappa shape index (κ2) is 6.55. The molecule has 0 spiro atoms. The first-order chi connectivity index (χ1) is 9.14. The zero-order chi connectivity index (χ0) is 15.4. The van der Waals surface area contributed by atoms with Crippen molar-refractivity contribution >= 4 is 17.4 Å². The van der Waals surface area contributed by atoms with Crippen molar-refractivity contribution in [2.45, 2.75) is 25.1 Å². The zero-order valence-corrected chi connectivity index (χ0v) is 11.7. The highest BCUT2D eigenvalue weighted by Crippen LogP contribution is 2.28. The van der Waals surface area contributed by atoms with E-state index in [1.165, 1.54) is 14.0 Å². The summed E-state index contributed by atoms with van der Waals surface area (Å²) in [5.74, 6) is -1.43. The number of ether oxygens (including phenoxy) is 1. The molecule has 0 aliphatic rings. The quantitative estimate of drug-likeness (QED) is 0.789. The number of nitrogens with one attached hydrogen (secondary N) is 1. The van der Waals surface area contributed by atoms with Crippen LogP contribution in [0.4, 0.5) is 19.0 Å². The largest absolute Gasteiger partial charge is 0.451 e. The van der Waals surface area contributed by atoms with Gasteiger partial charge in [0.2, 0.25) is 5.82 Å². The highest BCUT2D eigenvalue weighted by molar-refractivity contribution is 6.29. The molecule has 0 saturated heterocycles. The molecule has 0 bridgehead atoms. The van der Waals surface area contributed by atoms with E-state index in [1.54, 1.807) is 0 Å². The molecule has 114 valence electrons. The van der Waals surface area contributed by atoms with Crippen LogP contribution in [-0.2, 0) is 10.9 Å². The Morgan fingerprint density at radius 2 is 2.05 bits per heavy atom. The highest BCUT2D eigenvalue weighted by atomic mass is 35.5. The average molecular weight is 314 g/mol. The molecule has 1 aromatic rings. The summed E-state index contributed by atoms with van der Waals surface area (Å²) in [6, 6.07) is 1.16. The van der Waals surface area contributed by atoms with Crippen LogP contribution in [0, 0.1) is 0 Å². The summed E-state index contributed by atoms with van der Waals surface area (Å²) >= 11 is 5.52. The Morgan fingerprint density at radius 1 is 1.40 bits per heavy atom. The molecule has 0 aliphatic carbocycles. The molecular formula is C11H15ClF3N3O2. The lowest BCUT2D eigenvalue weighted by Crippen LogP contribution is -2.35. The Labute approximate surface area is 119 Å². The molecule has 1 aromatic heterocycles. The van der Waals surface area contributed by atoms with Crippen LogP contribution in [0.2, 0.25) is 5.15 Å². The first-order valence-electron chi connectivity index (χ1n) is 5.71. The lowest BCUT2D eigenvalue weighted by atomic mass is 10.0. The third-order valence-electron chi connectivity index (χ3n) is 2.44. The van der Waals surface area contributed by atoms with Gasteiger partial charge in [0.25, 0.3) is 0 Å². The van der Waals surface area contributed by atoms with Crippen LogP contribution in [0.5, 0.6) is 0 Å². The lowest BCUT2D eigenvalue weighted by Gasteiger charge is -2.23. The van der Waals surface area contributed by atoms with Crippen molar-refractivity contribution in [1.29, 1.82) is 0 Å². The standard InChI is InChI=1S/C11H15ClF3N3O2/c1-10(19,3-4-20-2)6-16-8-5-7(12)17-9(18-8)11(13,14)15/h5,19H,3-4,6H2,1-2H3,(H,16,17,18). The molecule has 1 atom stereocenters. The van der Waals surface area contributed by atoms with Gasteiger partial charge in [-0.2, -0.15) is 13.2 Å². The zero-order valence-electron chi connectivity index (χ0n) is 11.0. The van der Waals surface area contributed by atoms with Gasteiger partial charge in [-0.15, -0.1) is 0 Å². The van der Waals surface area contributed by atoms with Crippen molar-refractivity contribution in [3.63, 3.8) is 0 Å². The van der Waals surface area contributed by atoms with Gasteiger partial charge in [0.05, 0.1) is 5.60 Å². The normalized spacial score (nSPS) is 14.9. The van der Waals surface area contributed by atoms with Crippen LogP contribution in [0.3, 0.4) is 0 Å². The number of nitrogens with zero attached hydrogens (tertiary/aromatic N) is 2. The van der Waals surface area contributed by atoms with Crippen molar-refractivity contribution in [2.24, 2.45) is 0 Å². The highest BCUT2D eigenvalue weighted by Gasteiger charge is 2.35. The maximum atomic E-state index is 12.5. The first-order valence-corrected chi connectivity index (χ1v) is 6.09. The summed E-state index contributed by atoms with van der Waals surface area (Å²) in [6.45, 7) is 1.86. The van der Waals surface area contributed by atoms with E-state index in [4.69, 9.17) is 16.3 Å². The maximum Gasteiger partial charge on any atom is 0.451 e. The second-order valence-electron chi connectivity index (χ2n) is 4.49. The second-order valence-corrected chi connectivity index (χ2v) is 4.88. The van der Waals surface area contributed by atoms with Crippen LogP contribution in [-0.4, -0.2) is 40.9 Å². The summed E-state index contributed by atoms with van der Waals surface area (Å²) in [5, 5.41) is 12.2. The third-order valence-corrected chi connectivity index (χ3v) is 2.64. The number of methoxy groups -OCH3 is 1. The fourth-order valence-corrected chi connectivity index (χ4v) is 1.51. The number of aromatic nitrogens is 2. The van der Waals surface area contributed by atoms with Crippen LogP contribution < -0.4 is 5.32 Å². The van der Waals surface area contributed by atoms with Gasteiger partial charge in [-0.05, 0) is 6.92 Å². The van der Waals surface area contributed by atoms with E-state index in [2.05, 4.69) is 15.3 Å². The molecular weight excluding hydrogens is 299 g/mol. The fraction of sp³-hybridized carbons (Fsp3) is 0.636. The van der Waals surface area contributed by atoms with Crippen molar-refractivity contribution in [2.75, 3.05) is 25.6 Å². The summed E-state index contributed by atoms with van der Waals surface area (Å²) in [7, 11) is 1.49. The van der Waals surface area contributed by atoms with Gasteiger partial charge >= 0.3 is 6.18 Å². The SMILES string of the molecule is COCCC(C)(O)CNc1cc(Cl)nc(C(F)(F)F)n1. The molecule has 9 heteroatoms. The fourth-order valence-electron chi connectivity index (χ4n) is 1.33. The average Bonchev–Trinajstić information content (AvgIpc) is 2.32. The van der Waals surface area contributed by atoms with Gasteiger partial charge in [0.15, 0.2) is 0 Å². The molecule has 0 saturated carbocycles.